The molecule has 0 saturated carbocycles. The van der Waals surface area contributed by atoms with Crippen molar-refractivity contribution < 1.29 is 4.42 Å². The largest absolute Gasteiger partial charge is 0.456 e. The zero-order chi connectivity index (χ0) is 35.8. The van der Waals surface area contributed by atoms with Crippen LogP contribution in [0.2, 0.25) is 0 Å². The van der Waals surface area contributed by atoms with Gasteiger partial charge in [0.05, 0.1) is 11.1 Å². The second-order valence-corrected chi connectivity index (χ2v) is 13.8. The van der Waals surface area contributed by atoms with Gasteiger partial charge in [-0.3, -0.25) is 0 Å². The van der Waals surface area contributed by atoms with Gasteiger partial charge in [-0.15, -0.1) is 0 Å². The molecule has 0 aliphatic rings. The van der Waals surface area contributed by atoms with Crippen molar-refractivity contribution in [2.75, 3.05) is 4.90 Å². The number of hydrogen-bond acceptors (Lipinski definition) is 2. The van der Waals surface area contributed by atoms with Crippen LogP contribution in [0.3, 0.4) is 0 Å². The summed E-state index contributed by atoms with van der Waals surface area (Å²) in [5.41, 5.74) is 14.5. The van der Waals surface area contributed by atoms with Gasteiger partial charge in [0.1, 0.15) is 11.2 Å². The number of nitrogens with zero attached hydrogens (tertiary/aromatic N) is 1. The summed E-state index contributed by atoms with van der Waals surface area (Å²) in [6, 6.07) is 75.9. The molecule has 2 heteroatoms. The van der Waals surface area contributed by atoms with E-state index in [-0.39, 0.29) is 0 Å². The Bertz CT molecular complexity index is 2920. The molecule has 0 aliphatic heterocycles. The van der Waals surface area contributed by atoms with Crippen LogP contribution in [0.25, 0.3) is 77.2 Å². The lowest BCUT2D eigenvalue weighted by atomic mass is 9.95. The second kappa shape index (κ2) is 13.4. The Balaban J connectivity index is 1.02. The Labute approximate surface area is 314 Å². The number of para-hydroxylation sites is 1. The van der Waals surface area contributed by atoms with E-state index in [1.165, 1.54) is 49.7 Å². The summed E-state index contributed by atoms with van der Waals surface area (Å²) in [4.78, 5) is 2.34. The summed E-state index contributed by atoms with van der Waals surface area (Å²) in [6.07, 6.45) is 0. The van der Waals surface area contributed by atoms with Crippen LogP contribution in [0, 0.1) is 0 Å². The maximum atomic E-state index is 6.34. The standard InChI is InChI=1S/C52H35NO/c1-2-11-36(12-3-1)38-25-29-46(30-26-38)53(49-20-10-22-51-52(49)48-19-6-7-21-50(48)54-51)47-31-27-39(28-32-47)41-15-8-16-42(33-41)43-17-9-18-44(35-43)45-24-23-37-13-4-5-14-40(37)34-45/h1-35H. The Morgan fingerprint density at radius 3 is 1.44 bits per heavy atom. The number of furan rings is 1. The minimum Gasteiger partial charge on any atom is -0.456 e. The molecular formula is C52H35NO. The number of hydrogen-bond donors (Lipinski definition) is 0. The molecule has 1 aromatic heterocycles. The van der Waals surface area contributed by atoms with E-state index in [4.69, 9.17) is 4.42 Å². The average Bonchev–Trinajstić information content (AvgIpc) is 3.64. The van der Waals surface area contributed by atoms with Crippen molar-refractivity contribution in [3.8, 4) is 44.5 Å². The van der Waals surface area contributed by atoms with E-state index < -0.39 is 0 Å². The molecule has 1 heterocycles. The molecule has 0 atom stereocenters. The molecule has 10 aromatic rings. The smallest absolute Gasteiger partial charge is 0.137 e. The Kier molecular flexibility index (Phi) is 7.85. The van der Waals surface area contributed by atoms with E-state index in [1.807, 2.05) is 12.1 Å². The van der Waals surface area contributed by atoms with E-state index in [0.717, 1.165) is 44.6 Å². The van der Waals surface area contributed by atoms with E-state index in [2.05, 4.69) is 205 Å². The van der Waals surface area contributed by atoms with Gasteiger partial charge in [0.2, 0.25) is 0 Å². The highest BCUT2D eigenvalue weighted by Gasteiger charge is 2.19. The molecule has 0 bridgehead atoms. The Morgan fingerprint density at radius 2 is 0.759 bits per heavy atom. The molecule has 254 valence electrons. The van der Waals surface area contributed by atoms with Gasteiger partial charge in [0, 0.05) is 16.8 Å². The first kappa shape index (κ1) is 31.6. The highest BCUT2D eigenvalue weighted by molar-refractivity contribution is 6.13. The van der Waals surface area contributed by atoms with Gasteiger partial charge < -0.3 is 9.32 Å². The molecule has 0 aliphatic carbocycles. The molecule has 54 heavy (non-hydrogen) atoms. The van der Waals surface area contributed by atoms with Crippen LogP contribution in [0.4, 0.5) is 17.1 Å². The lowest BCUT2D eigenvalue weighted by Crippen LogP contribution is -2.10. The van der Waals surface area contributed by atoms with Gasteiger partial charge in [-0.2, -0.15) is 0 Å². The van der Waals surface area contributed by atoms with Crippen LogP contribution in [0.1, 0.15) is 0 Å². The van der Waals surface area contributed by atoms with Crippen molar-refractivity contribution in [2.45, 2.75) is 0 Å². The predicted octanol–water partition coefficient (Wildman–Crippen LogP) is 14.9. The first-order valence-corrected chi connectivity index (χ1v) is 18.4. The molecule has 0 amide bonds. The fourth-order valence-electron chi connectivity index (χ4n) is 7.73. The van der Waals surface area contributed by atoms with Crippen molar-refractivity contribution in [3.05, 3.63) is 212 Å². The van der Waals surface area contributed by atoms with Gasteiger partial charge in [-0.25, -0.2) is 0 Å². The van der Waals surface area contributed by atoms with Crippen molar-refractivity contribution >= 4 is 49.8 Å². The van der Waals surface area contributed by atoms with E-state index in [0.29, 0.717) is 0 Å². The summed E-state index contributed by atoms with van der Waals surface area (Å²) >= 11 is 0. The zero-order valence-corrected chi connectivity index (χ0v) is 29.6. The Hall–Kier alpha value is -7.16. The first-order chi connectivity index (χ1) is 26.7. The van der Waals surface area contributed by atoms with Crippen LogP contribution in [-0.2, 0) is 0 Å². The van der Waals surface area contributed by atoms with Crippen molar-refractivity contribution in [3.63, 3.8) is 0 Å². The third kappa shape index (κ3) is 5.81. The van der Waals surface area contributed by atoms with Crippen LogP contribution >= 0.6 is 0 Å². The maximum absolute atomic E-state index is 6.34. The molecule has 0 unspecified atom stereocenters. The zero-order valence-electron chi connectivity index (χ0n) is 29.6. The molecule has 0 saturated heterocycles. The number of anilines is 3. The minimum atomic E-state index is 0.873. The number of fused-ring (bicyclic) bond motifs is 4. The quantitative estimate of drug-likeness (QED) is 0.166. The lowest BCUT2D eigenvalue weighted by Gasteiger charge is -2.26. The fraction of sp³-hybridized carbons (Fsp3) is 0. The number of rotatable bonds is 7. The molecule has 0 spiro atoms. The second-order valence-electron chi connectivity index (χ2n) is 13.8. The molecular weight excluding hydrogens is 655 g/mol. The van der Waals surface area contributed by atoms with Crippen LogP contribution < -0.4 is 4.90 Å². The average molecular weight is 690 g/mol. The SMILES string of the molecule is c1ccc(-c2ccc(N(c3ccc(-c4cccc(-c5cccc(-c6ccc7ccccc7c6)c5)c4)cc3)c3cccc4oc5ccccc5c34)cc2)cc1. The van der Waals surface area contributed by atoms with Gasteiger partial charge in [0.15, 0.2) is 0 Å². The van der Waals surface area contributed by atoms with Gasteiger partial charge >= 0.3 is 0 Å². The summed E-state index contributed by atoms with van der Waals surface area (Å²) in [5, 5.41) is 4.71. The number of benzene rings is 9. The van der Waals surface area contributed by atoms with Gasteiger partial charge in [-0.1, -0.05) is 152 Å². The highest BCUT2D eigenvalue weighted by atomic mass is 16.3. The maximum Gasteiger partial charge on any atom is 0.137 e. The van der Waals surface area contributed by atoms with E-state index >= 15 is 0 Å². The predicted molar refractivity (Wildman–Crippen MR) is 228 cm³/mol. The normalized spacial score (nSPS) is 11.3. The fourth-order valence-corrected chi connectivity index (χ4v) is 7.73. The van der Waals surface area contributed by atoms with Crippen LogP contribution in [-0.4, -0.2) is 0 Å². The third-order valence-corrected chi connectivity index (χ3v) is 10.5. The van der Waals surface area contributed by atoms with Gasteiger partial charge in [0.25, 0.3) is 0 Å². The monoisotopic (exact) mass is 689 g/mol. The molecule has 0 N–H and O–H groups in total. The first-order valence-electron chi connectivity index (χ1n) is 18.4. The van der Waals surface area contributed by atoms with E-state index in [9.17, 15) is 0 Å². The van der Waals surface area contributed by atoms with Crippen molar-refractivity contribution in [1.29, 1.82) is 0 Å². The minimum absolute atomic E-state index is 0.873. The molecule has 10 rings (SSSR count). The third-order valence-electron chi connectivity index (χ3n) is 10.5. The van der Waals surface area contributed by atoms with Crippen molar-refractivity contribution in [1.82, 2.24) is 0 Å². The molecule has 0 radical (unpaired) electrons. The van der Waals surface area contributed by atoms with Crippen LogP contribution in [0.5, 0.6) is 0 Å². The lowest BCUT2D eigenvalue weighted by molar-refractivity contribution is 0.669. The van der Waals surface area contributed by atoms with Crippen LogP contribution in [0.15, 0.2) is 217 Å². The van der Waals surface area contributed by atoms with E-state index in [1.54, 1.807) is 0 Å². The molecule has 0 fully saturated rings. The summed E-state index contributed by atoms with van der Waals surface area (Å²) in [6.45, 7) is 0. The summed E-state index contributed by atoms with van der Waals surface area (Å²) in [5.74, 6) is 0. The summed E-state index contributed by atoms with van der Waals surface area (Å²) < 4.78 is 6.34. The molecule has 9 aromatic carbocycles. The Morgan fingerprint density at radius 1 is 0.296 bits per heavy atom. The van der Waals surface area contributed by atoms with Gasteiger partial charge in [-0.05, 0) is 116 Å². The summed E-state index contributed by atoms with van der Waals surface area (Å²) in [7, 11) is 0. The van der Waals surface area contributed by atoms with Crippen molar-refractivity contribution in [2.24, 2.45) is 0 Å². The molecule has 2 nitrogen and oxygen atoms in total. The topological polar surface area (TPSA) is 16.4 Å². The highest BCUT2D eigenvalue weighted by Crippen LogP contribution is 2.43.